The van der Waals surface area contributed by atoms with Gasteiger partial charge < -0.3 is 13.8 Å². The second-order valence-corrected chi connectivity index (χ2v) is 6.99. The van der Waals surface area contributed by atoms with Gasteiger partial charge in [-0.1, -0.05) is 23.8 Å². The Labute approximate surface area is 136 Å². The van der Waals surface area contributed by atoms with Crippen molar-refractivity contribution in [3.63, 3.8) is 0 Å². The van der Waals surface area contributed by atoms with Gasteiger partial charge in [0.15, 0.2) is 0 Å². The van der Waals surface area contributed by atoms with Gasteiger partial charge in [-0.25, -0.2) is 0 Å². The predicted octanol–water partition coefficient (Wildman–Crippen LogP) is 2.60. The third-order valence-corrected chi connectivity index (χ3v) is 4.97. The topological polar surface area (TPSA) is 55.8 Å². The summed E-state index contributed by atoms with van der Waals surface area (Å²) in [4.78, 5) is 2.30. The van der Waals surface area contributed by atoms with Crippen LogP contribution in [0.1, 0.15) is 5.56 Å². The van der Waals surface area contributed by atoms with E-state index in [1.165, 1.54) is 0 Å². The molecule has 0 aromatic heterocycles. The Morgan fingerprint density at radius 1 is 1.04 bits per heavy atom. The van der Waals surface area contributed by atoms with E-state index in [2.05, 4.69) is 4.90 Å². The zero-order chi connectivity index (χ0) is 16.3. The van der Waals surface area contributed by atoms with E-state index in [4.69, 9.17) is 8.92 Å². The number of benzene rings is 2. The van der Waals surface area contributed by atoms with E-state index >= 15 is 0 Å². The van der Waals surface area contributed by atoms with Crippen LogP contribution in [0.15, 0.2) is 53.4 Å². The number of hydrogen-bond acceptors (Lipinski definition) is 5. The standard InChI is InChI=1S/C17H19NO4S/c1-14-5-7-17(8-6-14)23(19,20)22-16-4-2-3-15(13-16)18-9-11-21-12-10-18/h2-8,13H,9-12H2,1H3. The Balaban J connectivity index is 1.80. The summed E-state index contributed by atoms with van der Waals surface area (Å²) in [5.74, 6) is 0.314. The fourth-order valence-electron chi connectivity index (χ4n) is 2.43. The van der Waals surface area contributed by atoms with E-state index in [-0.39, 0.29) is 4.90 Å². The maximum Gasteiger partial charge on any atom is 0.339 e. The first-order valence-electron chi connectivity index (χ1n) is 7.48. The Hall–Kier alpha value is -2.05. The molecule has 1 saturated heterocycles. The first-order valence-corrected chi connectivity index (χ1v) is 8.89. The molecule has 1 fully saturated rings. The fraction of sp³-hybridized carbons (Fsp3) is 0.294. The second-order valence-electron chi connectivity index (χ2n) is 5.45. The van der Waals surface area contributed by atoms with Crippen LogP contribution in [0.2, 0.25) is 0 Å². The molecular formula is C17H19NO4S. The molecule has 122 valence electrons. The zero-order valence-electron chi connectivity index (χ0n) is 12.9. The van der Waals surface area contributed by atoms with Crippen molar-refractivity contribution < 1.29 is 17.3 Å². The van der Waals surface area contributed by atoms with Crippen LogP contribution in [0.25, 0.3) is 0 Å². The highest BCUT2D eigenvalue weighted by molar-refractivity contribution is 7.87. The molecule has 6 heteroatoms. The van der Waals surface area contributed by atoms with Gasteiger partial charge in [-0.15, -0.1) is 0 Å². The highest BCUT2D eigenvalue weighted by Crippen LogP contribution is 2.25. The number of rotatable bonds is 4. The lowest BCUT2D eigenvalue weighted by atomic mass is 10.2. The Bertz CT molecular complexity index is 765. The summed E-state index contributed by atoms with van der Waals surface area (Å²) >= 11 is 0. The summed E-state index contributed by atoms with van der Waals surface area (Å²) in [6.07, 6.45) is 0. The van der Waals surface area contributed by atoms with Crippen molar-refractivity contribution in [1.82, 2.24) is 0 Å². The Morgan fingerprint density at radius 2 is 1.74 bits per heavy atom. The normalized spacial score (nSPS) is 15.4. The minimum Gasteiger partial charge on any atom is -0.379 e. The van der Waals surface area contributed by atoms with Crippen molar-refractivity contribution in [2.75, 3.05) is 31.2 Å². The number of nitrogens with zero attached hydrogens (tertiary/aromatic N) is 1. The lowest BCUT2D eigenvalue weighted by molar-refractivity contribution is 0.122. The molecule has 23 heavy (non-hydrogen) atoms. The van der Waals surface area contributed by atoms with E-state index in [0.717, 1.165) is 24.3 Å². The summed E-state index contributed by atoms with van der Waals surface area (Å²) < 4.78 is 35.3. The average Bonchev–Trinajstić information content (AvgIpc) is 2.56. The number of anilines is 1. The Morgan fingerprint density at radius 3 is 2.43 bits per heavy atom. The van der Waals surface area contributed by atoms with E-state index in [9.17, 15) is 8.42 Å². The lowest BCUT2D eigenvalue weighted by Crippen LogP contribution is -2.36. The van der Waals surface area contributed by atoms with Gasteiger partial charge in [-0.05, 0) is 31.2 Å². The third-order valence-electron chi connectivity index (χ3n) is 3.71. The number of ether oxygens (including phenoxy) is 1. The molecule has 3 rings (SSSR count). The molecule has 0 spiro atoms. The van der Waals surface area contributed by atoms with Crippen molar-refractivity contribution in [3.05, 3.63) is 54.1 Å². The smallest absolute Gasteiger partial charge is 0.339 e. The first-order chi connectivity index (χ1) is 11.0. The van der Waals surface area contributed by atoms with Crippen LogP contribution in [0, 0.1) is 6.92 Å². The van der Waals surface area contributed by atoms with Gasteiger partial charge in [0, 0.05) is 24.8 Å². The van der Waals surface area contributed by atoms with Crippen LogP contribution >= 0.6 is 0 Å². The maximum atomic E-state index is 12.3. The zero-order valence-corrected chi connectivity index (χ0v) is 13.8. The molecule has 0 radical (unpaired) electrons. The molecule has 0 unspecified atom stereocenters. The van der Waals surface area contributed by atoms with Crippen molar-refractivity contribution in [1.29, 1.82) is 0 Å². The third kappa shape index (κ3) is 3.83. The van der Waals surface area contributed by atoms with Crippen LogP contribution in [0.4, 0.5) is 5.69 Å². The molecule has 5 nitrogen and oxygen atoms in total. The first kappa shape index (κ1) is 15.8. The molecule has 2 aromatic rings. The van der Waals surface area contributed by atoms with Gasteiger partial charge in [0.1, 0.15) is 10.6 Å². The summed E-state index contributed by atoms with van der Waals surface area (Å²) in [5, 5.41) is 0. The van der Waals surface area contributed by atoms with Crippen LogP contribution in [-0.2, 0) is 14.9 Å². The highest BCUT2D eigenvalue weighted by atomic mass is 32.2. The average molecular weight is 333 g/mol. The van der Waals surface area contributed by atoms with E-state index in [1.54, 1.807) is 42.5 Å². The van der Waals surface area contributed by atoms with Crippen molar-refractivity contribution in [2.45, 2.75) is 11.8 Å². The molecule has 0 bridgehead atoms. The maximum absolute atomic E-state index is 12.3. The lowest BCUT2D eigenvalue weighted by Gasteiger charge is -2.29. The Kier molecular flexibility index (Phi) is 4.54. The van der Waals surface area contributed by atoms with Gasteiger partial charge in [0.05, 0.1) is 13.2 Å². The van der Waals surface area contributed by atoms with Crippen molar-refractivity contribution >= 4 is 15.8 Å². The fourth-order valence-corrected chi connectivity index (χ4v) is 3.36. The summed E-state index contributed by atoms with van der Waals surface area (Å²) in [7, 11) is -3.82. The summed E-state index contributed by atoms with van der Waals surface area (Å²) in [6.45, 7) is 4.82. The molecule has 1 aliphatic heterocycles. The minimum absolute atomic E-state index is 0.153. The van der Waals surface area contributed by atoms with Gasteiger partial charge in [-0.3, -0.25) is 0 Å². The molecular weight excluding hydrogens is 314 g/mol. The SMILES string of the molecule is Cc1ccc(S(=O)(=O)Oc2cccc(N3CCOCC3)c2)cc1. The highest BCUT2D eigenvalue weighted by Gasteiger charge is 2.18. The molecule has 0 N–H and O–H groups in total. The summed E-state index contributed by atoms with van der Waals surface area (Å²) in [5.41, 5.74) is 1.93. The van der Waals surface area contributed by atoms with Crippen molar-refractivity contribution in [2.24, 2.45) is 0 Å². The van der Waals surface area contributed by atoms with Gasteiger partial charge in [0.2, 0.25) is 0 Å². The molecule has 0 saturated carbocycles. The van der Waals surface area contributed by atoms with Crippen LogP contribution in [-0.4, -0.2) is 34.7 Å². The minimum atomic E-state index is -3.82. The monoisotopic (exact) mass is 333 g/mol. The molecule has 0 atom stereocenters. The van der Waals surface area contributed by atoms with Crippen LogP contribution in [0.5, 0.6) is 5.75 Å². The van der Waals surface area contributed by atoms with Crippen LogP contribution in [0.3, 0.4) is 0 Å². The van der Waals surface area contributed by atoms with Crippen LogP contribution < -0.4 is 9.08 Å². The largest absolute Gasteiger partial charge is 0.379 e. The van der Waals surface area contributed by atoms with Gasteiger partial charge >= 0.3 is 10.1 Å². The summed E-state index contributed by atoms with van der Waals surface area (Å²) in [6, 6.07) is 13.7. The molecule has 0 aliphatic carbocycles. The van der Waals surface area contributed by atoms with E-state index < -0.39 is 10.1 Å². The van der Waals surface area contributed by atoms with Crippen molar-refractivity contribution in [3.8, 4) is 5.75 Å². The second kappa shape index (κ2) is 6.60. The van der Waals surface area contributed by atoms with Gasteiger partial charge in [0.25, 0.3) is 0 Å². The van der Waals surface area contributed by atoms with Gasteiger partial charge in [-0.2, -0.15) is 8.42 Å². The number of morpholine rings is 1. The molecule has 1 aliphatic rings. The molecule has 1 heterocycles. The van der Waals surface area contributed by atoms with E-state index in [1.807, 2.05) is 13.0 Å². The predicted molar refractivity (Wildman–Crippen MR) is 88.5 cm³/mol. The number of aryl methyl sites for hydroxylation is 1. The molecule has 0 amide bonds. The quantitative estimate of drug-likeness (QED) is 0.805. The van der Waals surface area contributed by atoms with E-state index in [0.29, 0.717) is 19.0 Å². The number of hydrogen-bond donors (Lipinski definition) is 0. The molecule has 2 aromatic carbocycles.